The Morgan fingerprint density at radius 1 is 1.14 bits per heavy atom. The number of Topliss-reactive ketones (excluding diaryl/α,β-unsaturated/α-hetero) is 2. The van der Waals surface area contributed by atoms with Crippen molar-refractivity contribution in [1.82, 2.24) is 0 Å². The molecule has 0 radical (unpaired) electrons. The number of carbonyl (C=O) groups is 2. The standard InChI is InChI=1S/C19H24O9/c1-8-11-5-10(9(2)21)3-4-13(11)27-18(8)12(22)7-26-19-17(25)16(24)15(23)14(6-20)28-19/h3-5,8,14-20,23-25H,6-7H2,1-2H3/t8-,14+,15+,16-,17+,18+,19+/m0/s1. The molecule has 0 unspecified atom stereocenters. The molecule has 7 atom stereocenters. The largest absolute Gasteiger partial charge is 0.482 e. The van der Waals surface area contributed by atoms with Crippen molar-refractivity contribution in [2.45, 2.75) is 56.6 Å². The molecule has 0 aromatic heterocycles. The Morgan fingerprint density at radius 3 is 2.50 bits per heavy atom. The molecule has 2 aliphatic rings. The van der Waals surface area contributed by atoms with E-state index in [1.807, 2.05) is 0 Å². The molecule has 0 amide bonds. The first kappa shape index (κ1) is 20.8. The zero-order valence-corrected chi connectivity index (χ0v) is 15.5. The van der Waals surface area contributed by atoms with Gasteiger partial charge in [0.1, 0.15) is 36.8 Å². The SMILES string of the molecule is CC(=O)c1ccc2c(c1)[C@H](C)[C@H](C(=O)CO[C@@H]1O[C@H](CO)[C@@H](O)[C@H](O)[C@H]1O)O2. The van der Waals surface area contributed by atoms with Gasteiger partial charge in [0.05, 0.1) is 6.61 Å². The quantitative estimate of drug-likeness (QED) is 0.452. The normalized spacial score (nSPS) is 34.6. The van der Waals surface area contributed by atoms with Gasteiger partial charge in [0, 0.05) is 17.0 Å². The van der Waals surface area contributed by atoms with Gasteiger partial charge in [0.2, 0.25) is 0 Å². The Hall–Kier alpha value is -1.88. The Labute approximate surface area is 161 Å². The van der Waals surface area contributed by atoms with Crippen LogP contribution >= 0.6 is 0 Å². The van der Waals surface area contributed by atoms with Crippen molar-refractivity contribution in [3.8, 4) is 5.75 Å². The van der Waals surface area contributed by atoms with Crippen LogP contribution in [-0.2, 0) is 14.3 Å². The van der Waals surface area contributed by atoms with Crippen LogP contribution in [0.4, 0.5) is 0 Å². The summed E-state index contributed by atoms with van der Waals surface area (Å²) in [4.78, 5) is 24.1. The molecule has 0 bridgehead atoms. The summed E-state index contributed by atoms with van der Waals surface area (Å²) in [6.07, 6.45) is -8.00. The van der Waals surface area contributed by atoms with E-state index in [0.29, 0.717) is 11.3 Å². The molecular formula is C19H24O9. The molecular weight excluding hydrogens is 372 g/mol. The van der Waals surface area contributed by atoms with E-state index in [2.05, 4.69) is 0 Å². The predicted molar refractivity (Wildman–Crippen MR) is 94.0 cm³/mol. The summed E-state index contributed by atoms with van der Waals surface area (Å²) in [5.74, 6) is -0.287. The van der Waals surface area contributed by atoms with Crippen LogP contribution in [0, 0.1) is 0 Å². The Balaban J connectivity index is 1.63. The molecule has 2 heterocycles. The molecule has 1 saturated heterocycles. The topological polar surface area (TPSA) is 143 Å². The third kappa shape index (κ3) is 3.82. The van der Waals surface area contributed by atoms with Crippen LogP contribution in [0.1, 0.15) is 35.7 Å². The van der Waals surface area contributed by atoms with Crippen molar-refractivity contribution < 1.29 is 44.2 Å². The van der Waals surface area contributed by atoms with E-state index in [1.54, 1.807) is 25.1 Å². The summed E-state index contributed by atoms with van der Waals surface area (Å²) in [6, 6.07) is 4.98. The summed E-state index contributed by atoms with van der Waals surface area (Å²) in [5, 5.41) is 38.7. The van der Waals surface area contributed by atoms with E-state index in [9.17, 15) is 30.0 Å². The van der Waals surface area contributed by atoms with E-state index in [1.165, 1.54) is 6.92 Å². The first-order valence-corrected chi connectivity index (χ1v) is 9.01. The van der Waals surface area contributed by atoms with E-state index in [0.717, 1.165) is 5.56 Å². The van der Waals surface area contributed by atoms with Gasteiger partial charge in [-0.3, -0.25) is 9.59 Å². The minimum absolute atomic E-state index is 0.0873. The number of ketones is 2. The predicted octanol–water partition coefficient (Wildman–Crippen LogP) is -0.861. The molecule has 4 N–H and O–H groups in total. The number of aliphatic hydroxyl groups excluding tert-OH is 4. The highest BCUT2D eigenvalue weighted by molar-refractivity contribution is 5.95. The van der Waals surface area contributed by atoms with Crippen molar-refractivity contribution in [3.05, 3.63) is 29.3 Å². The van der Waals surface area contributed by atoms with Crippen molar-refractivity contribution in [2.24, 2.45) is 0 Å². The van der Waals surface area contributed by atoms with Crippen LogP contribution in [0.5, 0.6) is 5.75 Å². The van der Waals surface area contributed by atoms with Gasteiger partial charge in [-0.2, -0.15) is 0 Å². The lowest BCUT2D eigenvalue weighted by atomic mass is 9.93. The maximum Gasteiger partial charge on any atom is 0.199 e. The van der Waals surface area contributed by atoms with Gasteiger partial charge in [-0.15, -0.1) is 0 Å². The lowest BCUT2D eigenvalue weighted by Crippen LogP contribution is -2.59. The lowest BCUT2D eigenvalue weighted by Gasteiger charge is -2.39. The molecule has 1 aromatic carbocycles. The molecule has 28 heavy (non-hydrogen) atoms. The number of rotatable bonds is 6. The lowest BCUT2D eigenvalue weighted by molar-refractivity contribution is -0.299. The van der Waals surface area contributed by atoms with Crippen LogP contribution < -0.4 is 4.74 Å². The minimum Gasteiger partial charge on any atom is -0.482 e. The summed E-state index contributed by atoms with van der Waals surface area (Å²) < 4.78 is 16.2. The minimum atomic E-state index is -1.58. The van der Waals surface area contributed by atoms with Gasteiger partial charge < -0.3 is 34.6 Å². The van der Waals surface area contributed by atoms with Crippen molar-refractivity contribution in [1.29, 1.82) is 0 Å². The zero-order chi connectivity index (χ0) is 20.6. The van der Waals surface area contributed by atoms with E-state index >= 15 is 0 Å². The highest BCUT2D eigenvalue weighted by atomic mass is 16.7. The second kappa shape index (κ2) is 8.24. The maximum atomic E-state index is 12.6. The fourth-order valence-corrected chi connectivity index (χ4v) is 3.43. The van der Waals surface area contributed by atoms with Crippen LogP contribution in [0.25, 0.3) is 0 Å². The number of benzene rings is 1. The van der Waals surface area contributed by atoms with E-state index in [4.69, 9.17) is 14.2 Å². The Bertz CT molecular complexity index is 747. The maximum absolute atomic E-state index is 12.6. The summed E-state index contributed by atoms with van der Waals surface area (Å²) in [6.45, 7) is 2.20. The summed E-state index contributed by atoms with van der Waals surface area (Å²) in [7, 11) is 0. The molecule has 9 nitrogen and oxygen atoms in total. The van der Waals surface area contributed by atoms with Gasteiger partial charge in [0.25, 0.3) is 0 Å². The van der Waals surface area contributed by atoms with Crippen LogP contribution in [-0.4, -0.2) is 82.0 Å². The molecule has 0 saturated carbocycles. The first-order valence-electron chi connectivity index (χ1n) is 9.01. The second-order valence-electron chi connectivity index (χ2n) is 7.11. The fraction of sp³-hybridized carbons (Fsp3) is 0.579. The van der Waals surface area contributed by atoms with E-state index in [-0.39, 0.29) is 11.7 Å². The molecule has 1 fully saturated rings. The number of ether oxygens (including phenoxy) is 3. The molecule has 2 aliphatic heterocycles. The van der Waals surface area contributed by atoms with Crippen molar-refractivity contribution >= 4 is 11.6 Å². The third-order valence-electron chi connectivity index (χ3n) is 5.17. The molecule has 3 rings (SSSR count). The average molecular weight is 396 g/mol. The third-order valence-corrected chi connectivity index (χ3v) is 5.17. The Kier molecular flexibility index (Phi) is 6.13. The number of fused-ring (bicyclic) bond motifs is 1. The van der Waals surface area contributed by atoms with Gasteiger partial charge in [0.15, 0.2) is 24.0 Å². The average Bonchev–Trinajstić information content (AvgIpc) is 3.01. The highest BCUT2D eigenvalue weighted by Crippen LogP contribution is 2.39. The van der Waals surface area contributed by atoms with Gasteiger partial charge in [-0.25, -0.2) is 0 Å². The van der Waals surface area contributed by atoms with E-state index < -0.39 is 55.8 Å². The number of aliphatic hydroxyl groups is 4. The second-order valence-corrected chi connectivity index (χ2v) is 7.11. The molecule has 1 aromatic rings. The number of hydrogen-bond acceptors (Lipinski definition) is 9. The van der Waals surface area contributed by atoms with Crippen molar-refractivity contribution in [3.63, 3.8) is 0 Å². The molecule has 9 heteroatoms. The van der Waals surface area contributed by atoms with Crippen LogP contribution in [0.2, 0.25) is 0 Å². The number of carbonyl (C=O) groups excluding carboxylic acids is 2. The first-order chi connectivity index (χ1) is 13.2. The zero-order valence-electron chi connectivity index (χ0n) is 15.5. The summed E-state index contributed by atoms with van der Waals surface area (Å²) in [5.41, 5.74) is 1.28. The molecule has 0 aliphatic carbocycles. The van der Waals surface area contributed by atoms with Crippen molar-refractivity contribution in [2.75, 3.05) is 13.2 Å². The Morgan fingerprint density at radius 2 is 1.86 bits per heavy atom. The van der Waals surface area contributed by atoms with Gasteiger partial charge in [-0.1, -0.05) is 6.92 Å². The van der Waals surface area contributed by atoms with Crippen LogP contribution in [0.15, 0.2) is 18.2 Å². The molecule has 0 spiro atoms. The fourth-order valence-electron chi connectivity index (χ4n) is 3.43. The highest BCUT2D eigenvalue weighted by Gasteiger charge is 2.45. The number of hydrogen-bond donors (Lipinski definition) is 4. The smallest absolute Gasteiger partial charge is 0.199 e. The van der Waals surface area contributed by atoms with Gasteiger partial charge in [-0.05, 0) is 25.1 Å². The summed E-state index contributed by atoms with van der Waals surface area (Å²) >= 11 is 0. The monoisotopic (exact) mass is 396 g/mol. The molecule has 154 valence electrons. The van der Waals surface area contributed by atoms with Gasteiger partial charge >= 0.3 is 0 Å². The van der Waals surface area contributed by atoms with Crippen LogP contribution in [0.3, 0.4) is 0 Å².